The number of halogens is 2. The number of anilines is 2. The van der Waals surface area contributed by atoms with Crippen molar-refractivity contribution in [1.82, 2.24) is 15.3 Å². The van der Waals surface area contributed by atoms with Crippen LogP contribution in [0.25, 0.3) is 10.9 Å². The maximum absolute atomic E-state index is 13.4. The monoisotopic (exact) mass is 419 g/mol. The number of nitrogens with two attached hydrogens (primary N) is 1. The van der Waals surface area contributed by atoms with Crippen LogP contribution < -0.4 is 25.8 Å². The summed E-state index contributed by atoms with van der Waals surface area (Å²) in [5.74, 6) is 1.25. The van der Waals surface area contributed by atoms with Gasteiger partial charge in [0.1, 0.15) is 18.0 Å². The largest absolute Gasteiger partial charge is 0.493 e. The number of methoxy groups -OCH3 is 1. The average Bonchev–Trinajstić information content (AvgIpc) is 2.73. The van der Waals surface area contributed by atoms with E-state index in [9.17, 15) is 4.39 Å². The van der Waals surface area contributed by atoms with Gasteiger partial charge in [0, 0.05) is 30.2 Å². The van der Waals surface area contributed by atoms with E-state index in [4.69, 9.17) is 26.8 Å². The predicted octanol–water partition coefficient (Wildman–Crippen LogP) is 3.49. The van der Waals surface area contributed by atoms with Crippen LogP contribution in [0.3, 0.4) is 0 Å². The van der Waals surface area contributed by atoms with Crippen molar-refractivity contribution >= 4 is 34.0 Å². The summed E-state index contributed by atoms with van der Waals surface area (Å²) in [6, 6.07) is 8.01. The molecule has 0 spiro atoms. The second-order valence-corrected chi connectivity index (χ2v) is 6.64. The lowest BCUT2D eigenvalue weighted by Gasteiger charge is -2.14. The number of rotatable bonds is 10. The number of hydrogen-bond acceptors (Lipinski definition) is 7. The summed E-state index contributed by atoms with van der Waals surface area (Å²) in [5.41, 5.74) is 6.75. The maximum Gasteiger partial charge on any atom is 0.162 e. The lowest BCUT2D eigenvalue weighted by molar-refractivity contribution is 0.288. The van der Waals surface area contributed by atoms with Crippen LogP contribution in [0.15, 0.2) is 36.7 Å². The molecule has 0 fully saturated rings. The SMILES string of the molecule is COc1cc2ncnc(Nc3ccc(F)c(Cl)c3)c2cc1OCCCNCCN. The minimum Gasteiger partial charge on any atom is -0.493 e. The number of nitrogens with zero attached hydrogens (tertiary/aromatic N) is 2. The Balaban J connectivity index is 1.82. The van der Waals surface area contributed by atoms with Crippen molar-refractivity contribution in [3.8, 4) is 11.5 Å². The summed E-state index contributed by atoms with van der Waals surface area (Å²) in [6.45, 7) is 2.71. The van der Waals surface area contributed by atoms with E-state index in [1.165, 1.54) is 18.5 Å². The van der Waals surface area contributed by atoms with E-state index in [0.29, 0.717) is 41.7 Å². The standard InChI is InChI=1S/C20H23ClFN5O2/c1-28-18-11-17-14(10-19(18)29-8-2-6-24-7-5-23)20(26-12-25-17)27-13-3-4-16(22)15(21)9-13/h3-4,9-12,24H,2,5-8,23H2,1H3,(H,25,26,27). The van der Waals surface area contributed by atoms with E-state index in [2.05, 4.69) is 20.6 Å². The van der Waals surface area contributed by atoms with Crippen molar-refractivity contribution in [3.63, 3.8) is 0 Å². The van der Waals surface area contributed by atoms with Crippen LogP contribution in [0, 0.1) is 5.82 Å². The minimum atomic E-state index is -0.480. The number of hydrogen-bond donors (Lipinski definition) is 3. The molecular weight excluding hydrogens is 397 g/mol. The highest BCUT2D eigenvalue weighted by Crippen LogP contribution is 2.35. The van der Waals surface area contributed by atoms with Gasteiger partial charge in [0.05, 0.1) is 24.3 Å². The van der Waals surface area contributed by atoms with Gasteiger partial charge >= 0.3 is 0 Å². The topological polar surface area (TPSA) is 94.3 Å². The zero-order valence-corrected chi connectivity index (χ0v) is 16.8. The molecule has 4 N–H and O–H groups in total. The highest BCUT2D eigenvalue weighted by molar-refractivity contribution is 6.31. The van der Waals surface area contributed by atoms with Gasteiger partial charge in [-0.05, 0) is 37.2 Å². The van der Waals surface area contributed by atoms with Gasteiger partial charge in [0.15, 0.2) is 11.5 Å². The molecule has 1 heterocycles. The van der Waals surface area contributed by atoms with Crippen molar-refractivity contribution < 1.29 is 13.9 Å². The number of benzene rings is 2. The van der Waals surface area contributed by atoms with E-state index < -0.39 is 5.82 Å². The van der Waals surface area contributed by atoms with Crippen LogP contribution in [-0.4, -0.2) is 43.3 Å². The fourth-order valence-electron chi connectivity index (χ4n) is 2.75. The van der Waals surface area contributed by atoms with E-state index in [0.717, 1.165) is 24.9 Å². The molecule has 1 aromatic heterocycles. The summed E-state index contributed by atoms with van der Waals surface area (Å²) in [4.78, 5) is 8.60. The zero-order valence-electron chi connectivity index (χ0n) is 16.0. The second-order valence-electron chi connectivity index (χ2n) is 6.24. The molecule has 0 aliphatic heterocycles. The summed E-state index contributed by atoms with van der Waals surface area (Å²) in [7, 11) is 1.58. The smallest absolute Gasteiger partial charge is 0.162 e. The summed E-state index contributed by atoms with van der Waals surface area (Å²) in [6.07, 6.45) is 2.27. The highest BCUT2D eigenvalue weighted by Gasteiger charge is 2.12. The molecule has 0 unspecified atom stereocenters. The van der Waals surface area contributed by atoms with Gasteiger partial charge in [0.2, 0.25) is 0 Å². The highest BCUT2D eigenvalue weighted by atomic mass is 35.5. The zero-order chi connectivity index (χ0) is 20.6. The van der Waals surface area contributed by atoms with Gasteiger partial charge in [-0.3, -0.25) is 0 Å². The Kier molecular flexibility index (Phi) is 7.40. The molecule has 3 aromatic rings. The molecule has 0 aliphatic carbocycles. The average molecular weight is 420 g/mol. The molecule has 0 saturated carbocycles. The quantitative estimate of drug-likeness (QED) is 0.433. The molecule has 0 atom stereocenters. The Morgan fingerprint density at radius 3 is 2.76 bits per heavy atom. The van der Waals surface area contributed by atoms with Gasteiger partial charge in [-0.2, -0.15) is 0 Å². The predicted molar refractivity (Wildman–Crippen MR) is 113 cm³/mol. The third kappa shape index (κ3) is 5.44. The minimum absolute atomic E-state index is 0.0299. The Morgan fingerprint density at radius 1 is 1.14 bits per heavy atom. The van der Waals surface area contributed by atoms with Crippen molar-refractivity contribution in [1.29, 1.82) is 0 Å². The first kappa shape index (κ1) is 21.0. The molecule has 3 rings (SSSR count). The third-order valence-corrected chi connectivity index (χ3v) is 4.47. The molecule has 9 heteroatoms. The normalized spacial score (nSPS) is 10.9. The van der Waals surface area contributed by atoms with E-state index in [1.807, 2.05) is 6.07 Å². The summed E-state index contributed by atoms with van der Waals surface area (Å²) < 4.78 is 24.8. The Morgan fingerprint density at radius 2 is 2.00 bits per heavy atom. The van der Waals surface area contributed by atoms with Gasteiger partial charge in [0.25, 0.3) is 0 Å². The molecule has 7 nitrogen and oxygen atoms in total. The van der Waals surface area contributed by atoms with Gasteiger partial charge in [-0.25, -0.2) is 14.4 Å². The van der Waals surface area contributed by atoms with Crippen LogP contribution in [0.2, 0.25) is 5.02 Å². The third-order valence-electron chi connectivity index (χ3n) is 4.18. The van der Waals surface area contributed by atoms with Gasteiger partial charge in [-0.15, -0.1) is 0 Å². The molecule has 0 aliphatic rings. The van der Waals surface area contributed by atoms with Crippen LogP contribution in [0.5, 0.6) is 11.5 Å². The number of fused-ring (bicyclic) bond motifs is 1. The van der Waals surface area contributed by atoms with Gasteiger partial charge < -0.3 is 25.8 Å². The lowest BCUT2D eigenvalue weighted by atomic mass is 10.2. The first-order valence-electron chi connectivity index (χ1n) is 9.20. The summed E-state index contributed by atoms with van der Waals surface area (Å²) >= 11 is 5.87. The molecule has 154 valence electrons. The van der Waals surface area contributed by atoms with Crippen LogP contribution >= 0.6 is 11.6 Å². The molecule has 0 saturated heterocycles. The number of aromatic nitrogens is 2. The second kappa shape index (κ2) is 10.2. The summed E-state index contributed by atoms with van der Waals surface area (Å²) in [5, 5.41) is 7.14. The van der Waals surface area contributed by atoms with Crippen molar-refractivity contribution in [3.05, 3.63) is 47.5 Å². The van der Waals surface area contributed by atoms with Crippen LogP contribution in [0.1, 0.15) is 6.42 Å². The molecule has 0 amide bonds. The van der Waals surface area contributed by atoms with Crippen LogP contribution in [0.4, 0.5) is 15.9 Å². The van der Waals surface area contributed by atoms with E-state index in [-0.39, 0.29) is 5.02 Å². The maximum atomic E-state index is 13.4. The number of ether oxygens (including phenoxy) is 2. The fourth-order valence-corrected chi connectivity index (χ4v) is 2.93. The van der Waals surface area contributed by atoms with E-state index in [1.54, 1.807) is 19.2 Å². The Bertz CT molecular complexity index is 973. The molecule has 29 heavy (non-hydrogen) atoms. The van der Waals surface area contributed by atoms with Crippen LogP contribution in [-0.2, 0) is 0 Å². The molecule has 2 aromatic carbocycles. The van der Waals surface area contributed by atoms with Crippen molar-refractivity contribution in [2.45, 2.75) is 6.42 Å². The van der Waals surface area contributed by atoms with Gasteiger partial charge in [-0.1, -0.05) is 11.6 Å². The van der Waals surface area contributed by atoms with E-state index >= 15 is 0 Å². The lowest BCUT2D eigenvalue weighted by Crippen LogP contribution is -2.24. The fraction of sp³-hybridized carbons (Fsp3) is 0.300. The number of nitrogens with one attached hydrogen (secondary N) is 2. The molecule has 0 radical (unpaired) electrons. The Labute approximate surface area is 173 Å². The first-order valence-corrected chi connectivity index (χ1v) is 9.58. The molecular formula is C20H23ClFN5O2. The van der Waals surface area contributed by atoms with Crippen molar-refractivity contribution in [2.24, 2.45) is 5.73 Å². The molecule has 0 bridgehead atoms. The first-order chi connectivity index (χ1) is 14.1. The Hall–Kier alpha value is -2.68. The van der Waals surface area contributed by atoms with Crippen molar-refractivity contribution in [2.75, 3.05) is 38.7 Å².